The largest absolute Gasteiger partial charge is 0.453 e. The summed E-state index contributed by atoms with van der Waals surface area (Å²) >= 11 is 0. The molecule has 0 aliphatic heterocycles. The number of carbonyl (C=O) groups excluding carboxylic acids is 2. The Morgan fingerprint density at radius 1 is 1.10 bits per heavy atom. The first-order chi connectivity index (χ1) is 14.4. The normalized spacial score (nSPS) is 42.8. The lowest BCUT2D eigenvalue weighted by Gasteiger charge is -2.60. The maximum absolute atomic E-state index is 13.8. The van der Waals surface area contributed by atoms with Crippen LogP contribution in [0.25, 0.3) is 0 Å². The van der Waals surface area contributed by atoms with Gasteiger partial charge in [-0.05, 0) is 98.4 Å². The van der Waals surface area contributed by atoms with Gasteiger partial charge in [-0.3, -0.25) is 4.79 Å². The predicted octanol–water partition coefficient (Wildman–Crippen LogP) is 6.54. The van der Waals surface area contributed by atoms with Gasteiger partial charge in [-0.1, -0.05) is 40.2 Å². The molecular formula is C27H45NO3. The van der Waals surface area contributed by atoms with Gasteiger partial charge in [0.2, 0.25) is 0 Å². The number of alkyl carbamates (subject to hydrolysis) is 1. The molecule has 4 nitrogen and oxygen atoms in total. The minimum absolute atomic E-state index is 0. The molecule has 0 heterocycles. The summed E-state index contributed by atoms with van der Waals surface area (Å²) < 4.78 is 4.68. The first-order valence-corrected chi connectivity index (χ1v) is 12.4. The molecule has 4 heteroatoms. The Hall–Kier alpha value is -1.32. The van der Waals surface area contributed by atoms with E-state index in [1.165, 1.54) is 64.0 Å². The number of ether oxygens (including phenoxy) is 1. The first kappa shape index (κ1) is 24.3. The fraction of sp³-hybridized carbons (Fsp3) is 0.852. The fourth-order valence-electron chi connectivity index (χ4n) is 8.46. The van der Waals surface area contributed by atoms with Crippen molar-refractivity contribution >= 4 is 11.9 Å². The number of allylic oxidation sites excluding steroid dienone is 2. The van der Waals surface area contributed by atoms with E-state index < -0.39 is 0 Å². The second-order valence-corrected chi connectivity index (χ2v) is 11.0. The molecule has 4 saturated carbocycles. The van der Waals surface area contributed by atoms with Crippen molar-refractivity contribution in [3.63, 3.8) is 0 Å². The van der Waals surface area contributed by atoms with Crippen LogP contribution in [0.2, 0.25) is 0 Å². The van der Waals surface area contributed by atoms with E-state index >= 15 is 0 Å². The van der Waals surface area contributed by atoms with E-state index in [-0.39, 0.29) is 24.9 Å². The van der Waals surface area contributed by atoms with Gasteiger partial charge >= 0.3 is 6.09 Å². The Labute approximate surface area is 190 Å². The number of amides is 1. The minimum atomic E-state index is -0.340. The van der Waals surface area contributed by atoms with Crippen molar-refractivity contribution in [2.24, 2.45) is 40.4 Å². The third-order valence-corrected chi connectivity index (χ3v) is 10.0. The Kier molecular flexibility index (Phi) is 7.28. The monoisotopic (exact) mass is 431 g/mol. The van der Waals surface area contributed by atoms with Gasteiger partial charge in [0.05, 0.1) is 7.11 Å². The highest BCUT2D eigenvalue weighted by molar-refractivity contribution is 5.99. The molecule has 0 saturated heterocycles. The van der Waals surface area contributed by atoms with E-state index in [0.29, 0.717) is 41.4 Å². The van der Waals surface area contributed by atoms with Crippen LogP contribution in [0, 0.1) is 40.4 Å². The van der Waals surface area contributed by atoms with Crippen molar-refractivity contribution < 1.29 is 14.3 Å². The van der Waals surface area contributed by atoms with Crippen LogP contribution in [0.5, 0.6) is 0 Å². The molecule has 0 spiro atoms. The average Bonchev–Trinajstić information content (AvgIpc) is 3.07. The summed E-state index contributed by atoms with van der Waals surface area (Å²) in [6.45, 7) is 7.78. The van der Waals surface area contributed by atoms with E-state index in [9.17, 15) is 9.59 Å². The summed E-state index contributed by atoms with van der Waals surface area (Å²) in [7, 11) is 1.41. The van der Waals surface area contributed by atoms with Gasteiger partial charge in [0.15, 0.2) is 5.78 Å². The average molecular weight is 432 g/mol. The Bertz CT molecular complexity index is 715. The second-order valence-electron chi connectivity index (χ2n) is 11.0. The zero-order chi connectivity index (χ0) is 21.5. The van der Waals surface area contributed by atoms with Gasteiger partial charge in [0.25, 0.3) is 0 Å². The molecule has 1 N–H and O–H groups in total. The number of methoxy groups -OCH3 is 1. The molecule has 4 rings (SSSR count). The van der Waals surface area contributed by atoms with E-state index in [1.54, 1.807) is 0 Å². The number of carbonyl (C=O) groups is 2. The second kappa shape index (κ2) is 9.27. The summed E-state index contributed by atoms with van der Waals surface area (Å²) in [6.07, 6.45) is 14.0. The maximum Gasteiger partial charge on any atom is 0.406 e. The first-order valence-electron chi connectivity index (χ1n) is 12.4. The molecule has 0 aromatic carbocycles. The lowest BCUT2D eigenvalue weighted by molar-refractivity contribution is -0.145. The summed E-state index contributed by atoms with van der Waals surface area (Å²) in [6, 6.07) is 0. The van der Waals surface area contributed by atoms with Crippen LogP contribution < -0.4 is 5.32 Å². The molecule has 4 aliphatic rings. The highest BCUT2D eigenvalue weighted by Gasteiger charge is 2.63. The SMILES string of the molecule is C.C/C=C1/C(=O)C2C(CCC3(C)C2CC[C@@H]3CCCNC(=O)OC)C2(C)CCCCC12. The van der Waals surface area contributed by atoms with Crippen LogP contribution in [0.3, 0.4) is 0 Å². The maximum atomic E-state index is 13.8. The summed E-state index contributed by atoms with van der Waals surface area (Å²) in [5, 5.41) is 2.82. The van der Waals surface area contributed by atoms with Crippen LogP contribution in [0.4, 0.5) is 4.79 Å². The van der Waals surface area contributed by atoms with Crippen LogP contribution in [0.1, 0.15) is 92.4 Å². The lowest BCUT2D eigenvalue weighted by Crippen LogP contribution is -2.57. The number of fused-ring (bicyclic) bond motifs is 5. The Morgan fingerprint density at radius 2 is 1.84 bits per heavy atom. The third-order valence-electron chi connectivity index (χ3n) is 10.0. The number of hydrogen-bond acceptors (Lipinski definition) is 3. The molecule has 1 amide bonds. The molecular weight excluding hydrogens is 386 g/mol. The molecule has 0 radical (unpaired) electrons. The molecule has 4 aliphatic carbocycles. The third kappa shape index (κ3) is 3.86. The summed E-state index contributed by atoms with van der Waals surface area (Å²) in [5.74, 6) is 3.04. The van der Waals surface area contributed by atoms with Crippen molar-refractivity contribution in [1.82, 2.24) is 5.32 Å². The van der Waals surface area contributed by atoms with Crippen molar-refractivity contribution in [2.75, 3.05) is 13.7 Å². The Morgan fingerprint density at radius 3 is 2.55 bits per heavy atom. The zero-order valence-electron chi connectivity index (χ0n) is 19.5. The predicted molar refractivity (Wildman–Crippen MR) is 126 cm³/mol. The van der Waals surface area contributed by atoms with Crippen LogP contribution in [0.15, 0.2) is 11.6 Å². The topological polar surface area (TPSA) is 55.4 Å². The minimum Gasteiger partial charge on any atom is -0.453 e. The number of nitrogens with one attached hydrogen (secondary N) is 1. The van der Waals surface area contributed by atoms with Crippen LogP contribution >= 0.6 is 0 Å². The molecule has 6 unspecified atom stereocenters. The van der Waals surface area contributed by atoms with E-state index in [1.807, 2.05) is 0 Å². The fourth-order valence-corrected chi connectivity index (χ4v) is 8.46. The quantitative estimate of drug-likeness (QED) is 0.406. The van der Waals surface area contributed by atoms with Gasteiger partial charge in [-0.15, -0.1) is 0 Å². The number of rotatable bonds is 4. The van der Waals surface area contributed by atoms with Crippen LogP contribution in [-0.4, -0.2) is 25.5 Å². The highest BCUT2D eigenvalue weighted by Crippen LogP contribution is 2.67. The molecule has 4 fully saturated rings. The van der Waals surface area contributed by atoms with E-state index in [0.717, 1.165) is 12.8 Å². The van der Waals surface area contributed by atoms with Gasteiger partial charge in [-0.25, -0.2) is 4.79 Å². The van der Waals surface area contributed by atoms with E-state index in [2.05, 4.69) is 36.9 Å². The summed E-state index contributed by atoms with van der Waals surface area (Å²) in [5.41, 5.74) is 1.77. The number of ketones is 1. The standard InChI is InChI=1S/C26H41NO3.CH4/c1-5-18-19-10-6-7-14-26(19,3)21-13-15-25(2)17(9-8-16-27-24(29)30-4)11-12-20(25)22(21)23(18)28;/h5,17,19-22H,6-16H2,1-4H3,(H,27,29);1H4/b18-5+;/t17-,19?,20?,21?,22?,25?,26?;/m0./s1. The molecule has 7 atom stereocenters. The molecule has 31 heavy (non-hydrogen) atoms. The Balaban J connectivity index is 0.00000272. The smallest absolute Gasteiger partial charge is 0.406 e. The van der Waals surface area contributed by atoms with Crippen molar-refractivity contribution in [3.8, 4) is 0 Å². The number of Topliss-reactive ketones (excluding diaryl/α,β-unsaturated/α-hetero) is 1. The van der Waals surface area contributed by atoms with Gasteiger partial charge in [0, 0.05) is 12.5 Å². The van der Waals surface area contributed by atoms with Gasteiger partial charge in [-0.2, -0.15) is 0 Å². The molecule has 0 aromatic rings. The van der Waals surface area contributed by atoms with Crippen molar-refractivity contribution in [2.45, 2.75) is 92.4 Å². The summed E-state index contributed by atoms with van der Waals surface area (Å²) in [4.78, 5) is 25.1. The molecule has 0 bridgehead atoms. The molecule has 176 valence electrons. The van der Waals surface area contributed by atoms with E-state index in [4.69, 9.17) is 0 Å². The van der Waals surface area contributed by atoms with Crippen LogP contribution in [-0.2, 0) is 9.53 Å². The van der Waals surface area contributed by atoms with Gasteiger partial charge < -0.3 is 10.1 Å². The zero-order valence-corrected chi connectivity index (χ0v) is 19.5. The van der Waals surface area contributed by atoms with Gasteiger partial charge in [0.1, 0.15) is 0 Å². The molecule has 0 aromatic heterocycles. The van der Waals surface area contributed by atoms with Crippen molar-refractivity contribution in [3.05, 3.63) is 11.6 Å². The highest BCUT2D eigenvalue weighted by atomic mass is 16.5. The van der Waals surface area contributed by atoms with Crippen molar-refractivity contribution in [1.29, 1.82) is 0 Å². The lowest BCUT2D eigenvalue weighted by atomic mass is 9.43. The number of hydrogen-bond donors (Lipinski definition) is 1.